The van der Waals surface area contributed by atoms with E-state index in [0.29, 0.717) is 6.54 Å². The second-order valence-corrected chi connectivity index (χ2v) is 10.00. The van der Waals surface area contributed by atoms with Gasteiger partial charge in [0.15, 0.2) is 6.29 Å². The summed E-state index contributed by atoms with van der Waals surface area (Å²) in [6.07, 6.45) is -0.763. The smallest absolute Gasteiger partial charge is 0.217 e. The van der Waals surface area contributed by atoms with Crippen LogP contribution in [0.4, 0.5) is 0 Å². The number of ether oxygens (including phenoxy) is 3. The maximum absolute atomic E-state index is 11.2. The lowest BCUT2D eigenvalue weighted by Gasteiger charge is -2.41. The first-order valence-corrected chi connectivity index (χ1v) is 13.1. The third-order valence-corrected chi connectivity index (χ3v) is 7.53. The highest BCUT2D eigenvalue weighted by atomic mass is 32.2. The van der Waals surface area contributed by atoms with Crippen LogP contribution in [0.3, 0.4) is 0 Å². The summed E-state index contributed by atoms with van der Waals surface area (Å²) in [4.78, 5) is 12.3. The highest BCUT2D eigenvalue weighted by molar-refractivity contribution is 7.99. The molecule has 3 aromatic carbocycles. The fourth-order valence-electron chi connectivity index (χ4n) is 4.24. The van der Waals surface area contributed by atoms with E-state index in [-0.39, 0.29) is 30.6 Å². The average molecular weight is 508 g/mol. The first-order chi connectivity index (χ1) is 17.5. The van der Waals surface area contributed by atoms with Gasteiger partial charge in [-0.2, -0.15) is 0 Å². The molecule has 0 bridgehead atoms. The largest absolute Gasteiger partial charge is 0.496 e. The maximum Gasteiger partial charge on any atom is 0.217 e. The predicted octanol–water partition coefficient (Wildman–Crippen LogP) is 5.41. The second kappa shape index (κ2) is 12.4. The molecule has 190 valence electrons. The fraction of sp³-hybridized carbons (Fsp3) is 0.345. The van der Waals surface area contributed by atoms with Crippen molar-refractivity contribution in [3.8, 4) is 5.75 Å². The number of hydrogen-bond donors (Lipinski definition) is 2. The van der Waals surface area contributed by atoms with Crippen molar-refractivity contribution >= 4 is 17.7 Å². The van der Waals surface area contributed by atoms with E-state index in [4.69, 9.17) is 14.2 Å². The molecule has 1 fully saturated rings. The van der Waals surface area contributed by atoms with E-state index in [1.54, 1.807) is 18.9 Å². The lowest BCUT2D eigenvalue weighted by Crippen LogP contribution is -2.38. The van der Waals surface area contributed by atoms with E-state index in [1.165, 1.54) is 6.92 Å². The van der Waals surface area contributed by atoms with Gasteiger partial charge in [0.05, 0.1) is 25.9 Å². The van der Waals surface area contributed by atoms with E-state index in [1.807, 2.05) is 66.7 Å². The van der Waals surface area contributed by atoms with Crippen LogP contribution in [0.25, 0.3) is 0 Å². The predicted molar refractivity (Wildman–Crippen MR) is 141 cm³/mol. The van der Waals surface area contributed by atoms with Gasteiger partial charge in [0.25, 0.3) is 0 Å². The molecule has 1 aliphatic rings. The average Bonchev–Trinajstić information content (AvgIpc) is 2.92. The normalized spacial score (nSPS) is 21.7. The summed E-state index contributed by atoms with van der Waals surface area (Å²) in [7, 11) is 1.69. The number of aliphatic hydroxyl groups excluding tert-OH is 1. The van der Waals surface area contributed by atoms with Crippen molar-refractivity contribution in [1.82, 2.24) is 5.32 Å². The molecule has 7 heteroatoms. The van der Waals surface area contributed by atoms with Gasteiger partial charge in [-0.25, -0.2) is 0 Å². The standard InChI is InChI=1S/C29H33NO5S/c1-19-26(18-36-27-7-5-4-6-25(27)33-3)34-29(24-14-8-21(9-15-24)16-30-20(2)32)35-28(19)23-12-10-22(17-31)11-13-23/h4-15,19,26,28-29,31H,16-18H2,1-3H3,(H,30,32)/t19-,26+,28+,29+/m1/s1. The van der Waals surface area contributed by atoms with Gasteiger partial charge in [-0.05, 0) is 28.8 Å². The number of hydrogen-bond acceptors (Lipinski definition) is 6. The third-order valence-electron chi connectivity index (χ3n) is 6.39. The molecule has 0 unspecified atom stereocenters. The molecule has 3 aromatic rings. The number of amides is 1. The van der Waals surface area contributed by atoms with Gasteiger partial charge in [-0.15, -0.1) is 11.8 Å². The van der Waals surface area contributed by atoms with Gasteiger partial charge in [0.2, 0.25) is 5.91 Å². The summed E-state index contributed by atoms with van der Waals surface area (Å²) in [6.45, 7) is 4.16. The quantitative estimate of drug-likeness (QED) is 0.377. The number of carbonyl (C=O) groups excluding carboxylic acids is 1. The number of methoxy groups -OCH3 is 1. The lowest BCUT2D eigenvalue weighted by atomic mass is 9.91. The van der Waals surface area contributed by atoms with Crippen LogP contribution in [0.1, 0.15) is 48.5 Å². The zero-order valence-corrected chi connectivity index (χ0v) is 21.7. The third kappa shape index (κ3) is 6.48. The Bertz CT molecular complexity index is 1140. The van der Waals surface area contributed by atoms with Gasteiger partial charge in [0, 0.05) is 35.6 Å². The molecule has 1 aliphatic heterocycles. The summed E-state index contributed by atoms with van der Waals surface area (Å²) in [5, 5.41) is 12.3. The van der Waals surface area contributed by atoms with Crippen LogP contribution < -0.4 is 10.1 Å². The summed E-state index contributed by atoms with van der Waals surface area (Å²) < 4.78 is 18.6. The zero-order valence-electron chi connectivity index (χ0n) is 20.8. The van der Waals surface area contributed by atoms with Crippen LogP contribution in [0.2, 0.25) is 0 Å². The Kier molecular flexibility index (Phi) is 9.04. The first-order valence-electron chi connectivity index (χ1n) is 12.1. The Balaban J connectivity index is 1.56. The topological polar surface area (TPSA) is 77.0 Å². The molecule has 2 N–H and O–H groups in total. The Morgan fingerprint density at radius 3 is 2.31 bits per heavy atom. The van der Waals surface area contributed by atoms with Crippen LogP contribution in [0, 0.1) is 5.92 Å². The van der Waals surface area contributed by atoms with Crippen molar-refractivity contribution in [2.75, 3.05) is 12.9 Å². The molecular formula is C29H33NO5S. The minimum atomic E-state index is -0.526. The molecule has 6 nitrogen and oxygen atoms in total. The number of nitrogens with one attached hydrogen (secondary N) is 1. The van der Waals surface area contributed by atoms with Crippen LogP contribution in [-0.4, -0.2) is 30.0 Å². The summed E-state index contributed by atoms with van der Waals surface area (Å²) >= 11 is 1.72. The van der Waals surface area contributed by atoms with Crippen LogP contribution >= 0.6 is 11.8 Å². The summed E-state index contributed by atoms with van der Waals surface area (Å²) in [6, 6.07) is 23.9. The monoisotopic (exact) mass is 507 g/mol. The zero-order chi connectivity index (χ0) is 25.5. The number of carbonyl (C=O) groups is 1. The molecule has 1 heterocycles. The van der Waals surface area contributed by atoms with Crippen LogP contribution in [0.15, 0.2) is 77.7 Å². The maximum atomic E-state index is 11.2. The van der Waals surface area contributed by atoms with Gasteiger partial charge in [0.1, 0.15) is 5.75 Å². The minimum absolute atomic E-state index is 0.0100. The molecule has 0 aliphatic carbocycles. The van der Waals surface area contributed by atoms with E-state index >= 15 is 0 Å². The molecular weight excluding hydrogens is 474 g/mol. The lowest BCUT2D eigenvalue weighted by molar-refractivity contribution is -0.268. The van der Waals surface area contributed by atoms with Crippen LogP contribution in [-0.2, 0) is 27.4 Å². The van der Waals surface area contributed by atoms with E-state index in [2.05, 4.69) is 18.3 Å². The number of rotatable bonds is 9. The minimum Gasteiger partial charge on any atom is -0.496 e. The van der Waals surface area contributed by atoms with Crippen molar-refractivity contribution in [1.29, 1.82) is 0 Å². The Morgan fingerprint density at radius 1 is 0.972 bits per heavy atom. The fourth-order valence-corrected chi connectivity index (χ4v) is 5.43. The van der Waals surface area contributed by atoms with Crippen molar-refractivity contribution in [2.45, 2.75) is 50.4 Å². The SMILES string of the molecule is COc1ccccc1SC[C@@H]1O[C@H](c2ccc(CNC(C)=O)cc2)O[C@H](c2ccc(CO)cc2)[C@@H]1C. The van der Waals surface area contributed by atoms with Gasteiger partial charge in [-0.1, -0.05) is 67.6 Å². The highest BCUT2D eigenvalue weighted by Crippen LogP contribution is 2.43. The Labute approximate surface area is 217 Å². The molecule has 4 rings (SSSR count). The first kappa shape index (κ1) is 26.2. The second-order valence-electron chi connectivity index (χ2n) is 8.94. The van der Waals surface area contributed by atoms with E-state index < -0.39 is 6.29 Å². The molecule has 0 aromatic heterocycles. The summed E-state index contributed by atoms with van der Waals surface area (Å²) in [5.74, 6) is 1.64. The molecule has 1 amide bonds. The van der Waals surface area contributed by atoms with Gasteiger partial charge >= 0.3 is 0 Å². The molecule has 1 saturated heterocycles. The molecule has 0 saturated carbocycles. The number of benzene rings is 3. The van der Waals surface area contributed by atoms with E-state index in [9.17, 15) is 9.90 Å². The molecule has 0 radical (unpaired) electrons. The molecule has 36 heavy (non-hydrogen) atoms. The van der Waals surface area contributed by atoms with Crippen molar-refractivity contribution < 1.29 is 24.1 Å². The van der Waals surface area contributed by atoms with Crippen molar-refractivity contribution in [3.05, 3.63) is 95.1 Å². The van der Waals surface area contributed by atoms with Crippen molar-refractivity contribution in [3.63, 3.8) is 0 Å². The number of aliphatic hydroxyl groups is 1. The Morgan fingerprint density at radius 2 is 1.64 bits per heavy atom. The number of thioether (sulfide) groups is 1. The van der Waals surface area contributed by atoms with Gasteiger partial charge < -0.3 is 24.6 Å². The molecule has 4 atom stereocenters. The van der Waals surface area contributed by atoms with E-state index in [0.717, 1.165) is 38.7 Å². The summed E-state index contributed by atoms with van der Waals surface area (Å²) in [5.41, 5.74) is 3.87. The van der Waals surface area contributed by atoms with Crippen LogP contribution in [0.5, 0.6) is 5.75 Å². The highest BCUT2D eigenvalue weighted by Gasteiger charge is 2.38. The Hall–Kier alpha value is -2.84. The number of para-hydroxylation sites is 1. The molecule has 0 spiro atoms. The van der Waals surface area contributed by atoms with Gasteiger partial charge in [-0.3, -0.25) is 4.79 Å². The van der Waals surface area contributed by atoms with Crippen molar-refractivity contribution in [2.24, 2.45) is 5.92 Å².